The molecular weight excluding hydrogens is 368 g/mol. The number of benzene rings is 2. The van der Waals surface area contributed by atoms with Crippen LogP contribution in [0.5, 0.6) is 0 Å². The van der Waals surface area contributed by atoms with Gasteiger partial charge in [0.1, 0.15) is 5.69 Å². The van der Waals surface area contributed by atoms with Crippen LogP contribution in [0, 0.1) is 11.8 Å². The Morgan fingerprint density at radius 1 is 0.821 bits per heavy atom. The van der Waals surface area contributed by atoms with Crippen LogP contribution in [0.3, 0.4) is 0 Å². The fraction of sp³-hybridized carbons (Fsp3) is 0.217. The van der Waals surface area contributed by atoms with Crippen LogP contribution in [0.15, 0.2) is 76.7 Å². The molecule has 0 aliphatic carbocycles. The van der Waals surface area contributed by atoms with Crippen LogP contribution in [0.25, 0.3) is 0 Å². The average Bonchev–Trinajstić information content (AvgIpc) is 2.74. The number of sulfone groups is 1. The van der Waals surface area contributed by atoms with E-state index in [2.05, 4.69) is 41.1 Å². The van der Waals surface area contributed by atoms with Crippen molar-refractivity contribution in [3.63, 3.8) is 0 Å². The van der Waals surface area contributed by atoms with Crippen molar-refractivity contribution < 1.29 is 8.42 Å². The van der Waals surface area contributed by atoms with Gasteiger partial charge in [0.15, 0.2) is 5.03 Å². The maximum Gasteiger partial charge on any atom is 0.225 e. The monoisotopic (exact) mass is 390 g/mol. The predicted molar refractivity (Wildman–Crippen MR) is 110 cm³/mol. The van der Waals surface area contributed by atoms with E-state index in [-0.39, 0.29) is 9.92 Å². The molecule has 142 valence electrons. The van der Waals surface area contributed by atoms with Gasteiger partial charge in [-0.3, -0.25) is 0 Å². The van der Waals surface area contributed by atoms with Crippen LogP contribution in [-0.2, 0) is 16.3 Å². The van der Waals surface area contributed by atoms with Gasteiger partial charge in [0.05, 0.1) is 4.90 Å². The van der Waals surface area contributed by atoms with Gasteiger partial charge in [0, 0.05) is 5.56 Å². The Balaban J connectivity index is 1.70. The molecule has 0 amide bonds. The van der Waals surface area contributed by atoms with Crippen LogP contribution in [-0.4, -0.2) is 18.6 Å². The molecule has 0 saturated heterocycles. The fourth-order valence-corrected chi connectivity index (χ4v) is 3.87. The fourth-order valence-electron chi connectivity index (χ4n) is 2.72. The van der Waals surface area contributed by atoms with E-state index in [1.807, 2.05) is 12.1 Å². The topological polar surface area (TPSA) is 59.9 Å². The first-order valence-corrected chi connectivity index (χ1v) is 10.8. The molecule has 3 aromatic rings. The molecule has 0 bridgehead atoms. The smallest absolute Gasteiger partial charge is 0.217 e. The number of hydrogen-bond donors (Lipinski definition) is 0. The van der Waals surface area contributed by atoms with E-state index in [9.17, 15) is 8.42 Å². The lowest BCUT2D eigenvalue weighted by atomic mass is 10.1. The second-order valence-electron chi connectivity index (χ2n) is 6.48. The maximum atomic E-state index is 12.5. The standard InChI is InChI=1S/C23H22N2O2S/c1-2-3-5-8-19-11-13-20(14-12-19)15-16-21-17-18-23(25-24-21)28(26,27)22-9-6-4-7-10-22/h4,6-7,9-14,17-18H,2-3,5,8H2,1H3. The summed E-state index contributed by atoms with van der Waals surface area (Å²) in [6.07, 6.45) is 4.76. The van der Waals surface area contributed by atoms with Gasteiger partial charge in [-0.05, 0) is 60.7 Å². The lowest BCUT2D eigenvalue weighted by Gasteiger charge is -2.02. The summed E-state index contributed by atoms with van der Waals surface area (Å²) in [6.45, 7) is 2.20. The second kappa shape index (κ2) is 9.29. The molecule has 5 heteroatoms. The Hall–Kier alpha value is -2.97. The largest absolute Gasteiger partial charge is 0.225 e. The van der Waals surface area contributed by atoms with Crippen molar-refractivity contribution in [1.29, 1.82) is 0 Å². The molecule has 1 aromatic heterocycles. The molecule has 0 aliphatic rings. The Labute approximate surface area is 166 Å². The molecule has 3 rings (SSSR count). The summed E-state index contributed by atoms with van der Waals surface area (Å²) in [5.41, 5.74) is 2.63. The second-order valence-corrected chi connectivity index (χ2v) is 8.37. The number of nitrogens with zero attached hydrogens (tertiary/aromatic N) is 2. The molecule has 0 spiro atoms. The summed E-state index contributed by atoms with van der Waals surface area (Å²) in [5, 5.41) is 7.72. The number of aryl methyl sites for hydroxylation is 1. The molecule has 0 N–H and O–H groups in total. The molecule has 0 fully saturated rings. The van der Waals surface area contributed by atoms with Crippen LogP contribution in [0.4, 0.5) is 0 Å². The normalized spacial score (nSPS) is 10.9. The van der Waals surface area contributed by atoms with E-state index in [4.69, 9.17) is 0 Å². The highest BCUT2D eigenvalue weighted by Gasteiger charge is 2.19. The van der Waals surface area contributed by atoms with Crippen molar-refractivity contribution in [3.8, 4) is 11.8 Å². The van der Waals surface area contributed by atoms with Gasteiger partial charge in [-0.15, -0.1) is 10.2 Å². The zero-order chi connectivity index (χ0) is 19.8. The molecule has 2 aromatic carbocycles. The predicted octanol–water partition coefficient (Wildman–Crippen LogP) is 4.44. The van der Waals surface area contributed by atoms with E-state index >= 15 is 0 Å². The first-order valence-electron chi connectivity index (χ1n) is 9.34. The quantitative estimate of drug-likeness (QED) is 0.461. The third-order valence-corrected chi connectivity index (χ3v) is 5.99. The summed E-state index contributed by atoms with van der Waals surface area (Å²) in [7, 11) is -3.66. The molecule has 0 radical (unpaired) electrons. The third kappa shape index (κ3) is 5.05. The van der Waals surface area contributed by atoms with Gasteiger partial charge < -0.3 is 0 Å². The maximum absolute atomic E-state index is 12.5. The Bertz CT molecular complexity index is 1060. The molecule has 0 aliphatic heterocycles. The van der Waals surface area contributed by atoms with E-state index < -0.39 is 9.84 Å². The SMILES string of the molecule is CCCCCc1ccc(C#Cc2ccc(S(=O)(=O)c3ccccc3)nn2)cc1. The highest BCUT2D eigenvalue weighted by atomic mass is 32.2. The van der Waals surface area contributed by atoms with Crippen LogP contribution >= 0.6 is 0 Å². The third-order valence-electron chi connectivity index (χ3n) is 4.33. The minimum Gasteiger partial charge on any atom is -0.217 e. The molecule has 0 unspecified atom stereocenters. The van der Waals surface area contributed by atoms with Gasteiger partial charge in [-0.25, -0.2) is 8.42 Å². The lowest BCUT2D eigenvalue weighted by Crippen LogP contribution is -2.05. The van der Waals surface area contributed by atoms with Gasteiger partial charge in [-0.2, -0.15) is 0 Å². The van der Waals surface area contributed by atoms with Gasteiger partial charge in [-0.1, -0.05) is 56.0 Å². The van der Waals surface area contributed by atoms with Crippen molar-refractivity contribution in [3.05, 3.63) is 83.6 Å². The van der Waals surface area contributed by atoms with Crippen molar-refractivity contribution in [2.45, 2.75) is 42.5 Å². The van der Waals surface area contributed by atoms with Crippen molar-refractivity contribution in [1.82, 2.24) is 10.2 Å². The minimum absolute atomic E-state index is 0.0827. The molecule has 4 nitrogen and oxygen atoms in total. The van der Waals surface area contributed by atoms with Crippen LogP contribution in [0.2, 0.25) is 0 Å². The Morgan fingerprint density at radius 3 is 2.21 bits per heavy atom. The van der Waals surface area contributed by atoms with E-state index in [0.717, 1.165) is 12.0 Å². The lowest BCUT2D eigenvalue weighted by molar-refractivity contribution is 0.590. The summed E-state index contributed by atoms with van der Waals surface area (Å²) >= 11 is 0. The summed E-state index contributed by atoms with van der Waals surface area (Å²) in [4.78, 5) is 0.196. The van der Waals surface area contributed by atoms with Crippen LogP contribution in [0.1, 0.15) is 43.0 Å². The Morgan fingerprint density at radius 2 is 1.57 bits per heavy atom. The van der Waals surface area contributed by atoms with Gasteiger partial charge >= 0.3 is 0 Å². The molecule has 0 saturated carbocycles. The summed E-state index contributed by atoms with van der Waals surface area (Å²) in [5.74, 6) is 5.98. The molecular formula is C23H22N2O2S. The van der Waals surface area contributed by atoms with E-state index in [1.165, 1.54) is 43.0 Å². The highest BCUT2D eigenvalue weighted by Crippen LogP contribution is 2.17. The first kappa shape index (κ1) is 19.8. The van der Waals surface area contributed by atoms with Crippen molar-refractivity contribution in [2.75, 3.05) is 0 Å². The molecule has 28 heavy (non-hydrogen) atoms. The molecule has 0 atom stereocenters. The highest BCUT2D eigenvalue weighted by molar-refractivity contribution is 7.91. The zero-order valence-electron chi connectivity index (χ0n) is 15.8. The number of aromatic nitrogens is 2. The van der Waals surface area contributed by atoms with Gasteiger partial charge in [0.25, 0.3) is 0 Å². The minimum atomic E-state index is -3.66. The van der Waals surface area contributed by atoms with Crippen LogP contribution < -0.4 is 0 Å². The van der Waals surface area contributed by atoms with Gasteiger partial charge in [0.2, 0.25) is 9.84 Å². The summed E-state index contributed by atoms with van der Waals surface area (Å²) in [6, 6.07) is 19.4. The average molecular weight is 391 g/mol. The van der Waals surface area contributed by atoms with E-state index in [1.54, 1.807) is 24.3 Å². The Kier molecular flexibility index (Phi) is 6.57. The number of rotatable bonds is 6. The molecule has 1 heterocycles. The zero-order valence-corrected chi connectivity index (χ0v) is 16.6. The first-order chi connectivity index (χ1) is 13.6. The number of unbranched alkanes of at least 4 members (excludes halogenated alkanes) is 2. The van der Waals surface area contributed by atoms with E-state index in [0.29, 0.717) is 5.69 Å². The number of hydrogen-bond acceptors (Lipinski definition) is 4. The van der Waals surface area contributed by atoms with Crippen molar-refractivity contribution in [2.24, 2.45) is 0 Å². The van der Waals surface area contributed by atoms with Crippen molar-refractivity contribution >= 4 is 9.84 Å². The summed E-state index contributed by atoms with van der Waals surface area (Å²) < 4.78 is 25.0.